The molecule has 0 saturated carbocycles. The highest BCUT2D eigenvalue weighted by atomic mass is 32.2. The van der Waals surface area contributed by atoms with Crippen molar-refractivity contribution < 1.29 is 26.0 Å². The highest BCUT2D eigenvalue weighted by Crippen LogP contribution is 2.31. The summed E-state index contributed by atoms with van der Waals surface area (Å²) in [4.78, 5) is 19.9. The fourth-order valence-electron chi connectivity index (χ4n) is 2.95. The minimum absolute atomic E-state index is 0.00294. The van der Waals surface area contributed by atoms with Gasteiger partial charge in [0.15, 0.2) is 0 Å². The Hall–Kier alpha value is -2.27. The maximum absolute atomic E-state index is 13.5. The van der Waals surface area contributed by atoms with E-state index in [4.69, 9.17) is 0 Å². The van der Waals surface area contributed by atoms with E-state index in [2.05, 4.69) is 9.97 Å². The number of alkyl halides is 3. The predicted octanol–water partition coefficient (Wildman–Crippen LogP) is 1.89. The molecule has 2 aromatic rings. The Morgan fingerprint density at radius 3 is 2.59 bits per heavy atom. The number of aromatic nitrogens is 2. The Kier molecular flexibility index (Phi) is 4.85. The molecule has 1 aliphatic heterocycles. The summed E-state index contributed by atoms with van der Waals surface area (Å²) < 4.78 is 75.3. The molecule has 3 rings (SSSR count). The number of nitrogens with zero attached hydrogens (tertiary/aromatic N) is 2. The number of halogens is 4. The second kappa shape index (κ2) is 6.71. The Bertz CT molecular complexity index is 1050. The lowest BCUT2D eigenvalue weighted by Crippen LogP contribution is -2.35. The van der Waals surface area contributed by atoms with Gasteiger partial charge in [-0.3, -0.25) is 14.7 Å². The molecule has 0 radical (unpaired) electrons. The molecule has 0 bridgehead atoms. The maximum atomic E-state index is 13.5. The second-order valence-corrected chi connectivity index (χ2v) is 8.31. The van der Waals surface area contributed by atoms with Gasteiger partial charge in [0, 0.05) is 31.5 Å². The molecule has 0 fully saturated rings. The van der Waals surface area contributed by atoms with Crippen molar-refractivity contribution in [1.29, 1.82) is 0 Å². The van der Waals surface area contributed by atoms with Crippen molar-refractivity contribution >= 4 is 9.84 Å². The monoisotopic (exact) mass is 405 g/mol. The van der Waals surface area contributed by atoms with Crippen molar-refractivity contribution in [2.45, 2.75) is 30.8 Å². The highest BCUT2D eigenvalue weighted by molar-refractivity contribution is 7.90. The molecule has 6 nitrogen and oxygen atoms in total. The van der Waals surface area contributed by atoms with Gasteiger partial charge in [-0.2, -0.15) is 13.2 Å². The smallest absolute Gasteiger partial charge is 0.297 e. The number of sulfone groups is 1. The lowest BCUT2D eigenvalue weighted by molar-refractivity contribution is -0.137. The largest absolute Gasteiger partial charge is 0.416 e. The first-order valence-corrected chi connectivity index (χ1v) is 9.74. The molecular weight excluding hydrogens is 390 g/mol. The quantitative estimate of drug-likeness (QED) is 0.623. The fourth-order valence-corrected chi connectivity index (χ4v) is 3.50. The third kappa shape index (κ3) is 4.35. The van der Waals surface area contributed by atoms with E-state index in [9.17, 15) is 30.8 Å². The number of nitrogens with one attached hydrogen (secondary N) is 1. The summed E-state index contributed by atoms with van der Waals surface area (Å²) in [6, 6.07) is 2.30. The summed E-state index contributed by atoms with van der Waals surface area (Å²) in [7, 11) is -3.72. The summed E-state index contributed by atoms with van der Waals surface area (Å²) >= 11 is 0. The van der Waals surface area contributed by atoms with Gasteiger partial charge in [0.2, 0.25) is 15.0 Å². The van der Waals surface area contributed by atoms with E-state index in [1.807, 2.05) is 0 Å². The van der Waals surface area contributed by atoms with E-state index in [1.54, 1.807) is 4.90 Å². The van der Waals surface area contributed by atoms with Crippen molar-refractivity contribution in [3.63, 3.8) is 0 Å². The number of hydrogen-bond donors (Lipinski definition) is 1. The molecule has 0 atom stereocenters. The van der Waals surface area contributed by atoms with Gasteiger partial charge in [-0.05, 0) is 30.2 Å². The zero-order valence-electron chi connectivity index (χ0n) is 14.1. The SMILES string of the molecule is CS(=O)(=O)c1nc2c(c(=O)[nH]1)CCN(Cc1cc(F)cc(C(F)(F)F)c1)C2. The van der Waals surface area contributed by atoms with Crippen LogP contribution >= 0.6 is 0 Å². The molecule has 1 N–H and O–H groups in total. The molecule has 1 aliphatic rings. The summed E-state index contributed by atoms with van der Waals surface area (Å²) in [5.41, 5.74) is -0.917. The molecule has 1 aromatic carbocycles. The lowest BCUT2D eigenvalue weighted by Gasteiger charge is -2.27. The van der Waals surface area contributed by atoms with Gasteiger partial charge >= 0.3 is 6.18 Å². The van der Waals surface area contributed by atoms with Gasteiger partial charge in [-0.15, -0.1) is 0 Å². The highest BCUT2D eigenvalue weighted by Gasteiger charge is 2.31. The maximum Gasteiger partial charge on any atom is 0.416 e. The minimum Gasteiger partial charge on any atom is -0.297 e. The van der Waals surface area contributed by atoms with Gasteiger partial charge in [0.05, 0.1) is 11.3 Å². The lowest BCUT2D eigenvalue weighted by atomic mass is 10.0. The van der Waals surface area contributed by atoms with Crippen LogP contribution in [0.15, 0.2) is 28.2 Å². The first kappa shape index (κ1) is 19.5. The molecule has 0 spiro atoms. The standard InChI is InChI=1S/C16H15F4N3O3S/c1-27(25,26)15-21-13-8-23(3-2-12(13)14(24)22-15)7-9-4-10(16(18,19)20)6-11(17)5-9/h4-6H,2-3,7-8H2,1H3,(H,21,22,24). The molecule has 0 amide bonds. The van der Waals surface area contributed by atoms with Gasteiger partial charge in [0.25, 0.3) is 5.56 Å². The van der Waals surface area contributed by atoms with Crippen LogP contribution in [0, 0.1) is 5.82 Å². The van der Waals surface area contributed by atoms with Crippen LogP contribution in [0.3, 0.4) is 0 Å². The van der Waals surface area contributed by atoms with Crippen molar-refractivity contribution in [2.75, 3.05) is 12.8 Å². The fraction of sp³-hybridized carbons (Fsp3) is 0.375. The van der Waals surface area contributed by atoms with Crippen LogP contribution in [0.1, 0.15) is 22.4 Å². The zero-order valence-corrected chi connectivity index (χ0v) is 14.9. The zero-order chi connectivity index (χ0) is 20.0. The Balaban J connectivity index is 1.88. The molecule has 27 heavy (non-hydrogen) atoms. The first-order chi connectivity index (χ1) is 12.4. The Morgan fingerprint density at radius 1 is 1.26 bits per heavy atom. The van der Waals surface area contributed by atoms with Crippen LogP contribution in [0.2, 0.25) is 0 Å². The van der Waals surface area contributed by atoms with E-state index in [1.165, 1.54) is 0 Å². The van der Waals surface area contributed by atoms with E-state index in [0.717, 1.165) is 18.4 Å². The van der Waals surface area contributed by atoms with Crippen LogP contribution in [-0.4, -0.2) is 36.1 Å². The summed E-state index contributed by atoms with van der Waals surface area (Å²) in [5.74, 6) is -0.994. The second-order valence-electron chi connectivity index (χ2n) is 6.38. The normalized spacial score (nSPS) is 15.6. The van der Waals surface area contributed by atoms with Gasteiger partial charge in [-0.1, -0.05) is 0 Å². The van der Waals surface area contributed by atoms with Gasteiger partial charge in [0.1, 0.15) is 5.82 Å². The topological polar surface area (TPSA) is 83.1 Å². The summed E-state index contributed by atoms with van der Waals surface area (Å²) in [6.45, 7) is 0.413. The molecule has 0 unspecified atom stereocenters. The van der Waals surface area contributed by atoms with Crippen molar-refractivity contribution in [3.05, 3.63) is 56.8 Å². The molecule has 0 aliphatic carbocycles. The van der Waals surface area contributed by atoms with Crippen LogP contribution < -0.4 is 5.56 Å². The van der Waals surface area contributed by atoms with Crippen molar-refractivity contribution in [3.8, 4) is 0 Å². The first-order valence-electron chi connectivity index (χ1n) is 7.84. The third-order valence-electron chi connectivity index (χ3n) is 4.17. The average molecular weight is 405 g/mol. The third-order valence-corrected chi connectivity index (χ3v) is 5.07. The summed E-state index contributed by atoms with van der Waals surface area (Å²) in [5, 5.41) is -0.460. The number of fused-ring (bicyclic) bond motifs is 1. The number of rotatable bonds is 3. The number of H-pyrrole nitrogens is 1. The van der Waals surface area contributed by atoms with Gasteiger partial charge < -0.3 is 0 Å². The molecule has 11 heteroatoms. The average Bonchev–Trinajstić information content (AvgIpc) is 2.52. The van der Waals surface area contributed by atoms with Crippen LogP contribution in [0.25, 0.3) is 0 Å². The van der Waals surface area contributed by atoms with E-state index >= 15 is 0 Å². The number of hydrogen-bond acceptors (Lipinski definition) is 5. The Labute approximate surface area is 151 Å². The Morgan fingerprint density at radius 2 is 1.96 bits per heavy atom. The molecule has 146 valence electrons. The molecule has 1 aromatic heterocycles. The van der Waals surface area contributed by atoms with Crippen molar-refractivity contribution in [2.24, 2.45) is 0 Å². The van der Waals surface area contributed by atoms with Crippen molar-refractivity contribution in [1.82, 2.24) is 14.9 Å². The van der Waals surface area contributed by atoms with Crippen LogP contribution in [0.4, 0.5) is 17.6 Å². The minimum atomic E-state index is -4.66. The molecule has 0 saturated heterocycles. The van der Waals surface area contributed by atoms with E-state index in [-0.39, 0.29) is 30.8 Å². The van der Waals surface area contributed by atoms with E-state index < -0.39 is 38.1 Å². The summed E-state index contributed by atoms with van der Waals surface area (Å²) in [6.07, 6.45) is -3.50. The number of aromatic amines is 1. The van der Waals surface area contributed by atoms with Gasteiger partial charge in [-0.25, -0.2) is 17.8 Å². The predicted molar refractivity (Wildman–Crippen MR) is 87.2 cm³/mol. The molecule has 2 heterocycles. The molecular formula is C16H15F4N3O3S. The van der Waals surface area contributed by atoms with E-state index in [0.29, 0.717) is 18.2 Å². The van der Waals surface area contributed by atoms with Crippen LogP contribution in [0.5, 0.6) is 0 Å². The number of benzene rings is 1. The van der Waals surface area contributed by atoms with Crippen LogP contribution in [-0.2, 0) is 35.5 Å².